The van der Waals surface area contributed by atoms with Crippen molar-refractivity contribution in [3.05, 3.63) is 84.4 Å². The van der Waals surface area contributed by atoms with Crippen molar-refractivity contribution in [2.75, 3.05) is 13.2 Å². The zero-order valence-corrected chi connectivity index (χ0v) is 18.6. The lowest BCUT2D eigenvalue weighted by atomic mass is 10.1. The molecule has 35 heavy (non-hydrogen) atoms. The molecule has 0 fully saturated rings. The Balaban J connectivity index is 1.52. The third kappa shape index (κ3) is 7.43. The van der Waals surface area contributed by atoms with Crippen molar-refractivity contribution in [1.82, 2.24) is 0 Å². The Hall–Kier alpha value is -4.66. The third-order valence-corrected chi connectivity index (χ3v) is 4.73. The largest absolute Gasteiger partial charge is 0.513 e. The highest BCUT2D eigenvalue weighted by molar-refractivity contribution is 5.97. The molecule has 3 aromatic rings. The lowest BCUT2D eigenvalue weighted by Crippen LogP contribution is -2.12. The van der Waals surface area contributed by atoms with Crippen LogP contribution in [0.25, 0.3) is 10.8 Å². The molecule has 0 bridgehead atoms. The van der Waals surface area contributed by atoms with Crippen LogP contribution in [0.3, 0.4) is 0 Å². The highest BCUT2D eigenvalue weighted by Gasteiger charge is 2.12. The molecule has 0 unspecified atom stereocenters. The fourth-order valence-corrected chi connectivity index (χ4v) is 2.96. The summed E-state index contributed by atoms with van der Waals surface area (Å²) in [5, 5.41) is 10.4. The molecule has 0 aliphatic heterocycles. The van der Waals surface area contributed by atoms with Crippen LogP contribution in [-0.4, -0.2) is 42.4 Å². The van der Waals surface area contributed by atoms with Crippen LogP contribution in [0.5, 0.6) is 11.5 Å². The summed E-state index contributed by atoms with van der Waals surface area (Å²) in [5.74, 6) is -1.68. The smallest absolute Gasteiger partial charge is 0.478 e. The van der Waals surface area contributed by atoms with Gasteiger partial charge in [0.1, 0.15) is 11.5 Å². The molecule has 0 aliphatic rings. The summed E-state index contributed by atoms with van der Waals surface area (Å²) in [6.45, 7) is 3.62. The molecule has 9 nitrogen and oxygen atoms in total. The number of benzene rings is 3. The molecule has 0 saturated carbocycles. The van der Waals surface area contributed by atoms with Crippen molar-refractivity contribution < 1.29 is 43.2 Å². The standard InChI is InChI=1S/C26H22O9/c1-2-23(27)32-13-3-4-14-33-26(31)35-22-12-9-18-15-20(6-5-19(18)16-22)25(30)34-21-10-7-17(8-11-21)24(28)29/h2,5-12,15-16H,1,3-4,13-14H2,(H,28,29). The summed E-state index contributed by atoms with van der Waals surface area (Å²) in [4.78, 5) is 46.2. The molecular weight excluding hydrogens is 456 g/mol. The molecule has 0 radical (unpaired) electrons. The summed E-state index contributed by atoms with van der Waals surface area (Å²) >= 11 is 0. The average Bonchev–Trinajstić information content (AvgIpc) is 2.85. The molecular formula is C26H22O9. The van der Waals surface area contributed by atoms with Crippen LogP contribution < -0.4 is 9.47 Å². The predicted molar refractivity (Wildman–Crippen MR) is 125 cm³/mol. The van der Waals surface area contributed by atoms with Gasteiger partial charge in [-0.2, -0.15) is 0 Å². The first kappa shape index (κ1) is 25.0. The summed E-state index contributed by atoms with van der Waals surface area (Å²) < 4.78 is 20.3. The van der Waals surface area contributed by atoms with Crippen LogP contribution in [0.4, 0.5) is 4.79 Å². The first-order valence-electron chi connectivity index (χ1n) is 10.6. The van der Waals surface area contributed by atoms with E-state index >= 15 is 0 Å². The number of aromatic carboxylic acids is 1. The fourth-order valence-electron chi connectivity index (χ4n) is 2.96. The second-order valence-electron chi connectivity index (χ2n) is 7.22. The summed E-state index contributed by atoms with van der Waals surface area (Å²) in [7, 11) is 0. The van der Waals surface area contributed by atoms with Gasteiger partial charge in [-0.1, -0.05) is 18.7 Å². The Bertz CT molecular complexity index is 1250. The Morgan fingerprint density at radius 3 is 2.03 bits per heavy atom. The number of carboxylic acids is 1. The Labute approximate surface area is 200 Å². The second kappa shape index (κ2) is 12.0. The minimum Gasteiger partial charge on any atom is -0.478 e. The number of carbonyl (C=O) groups is 4. The number of ether oxygens (including phenoxy) is 4. The number of carbonyl (C=O) groups excluding carboxylic acids is 3. The normalized spacial score (nSPS) is 10.3. The van der Waals surface area contributed by atoms with Gasteiger partial charge in [0.25, 0.3) is 0 Å². The summed E-state index contributed by atoms with van der Waals surface area (Å²) in [6, 6.07) is 15.3. The van der Waals surface area contributed by atoms with Crippen molar-refractivity contribution in [2.45, 2.75) is 12.8 Å². The first-order valence-corrected chi connectivity index (χ1v) is 10.6. The molecule has 0 spiro atoms. The van der Waals surface area contributed by atoms with E-state index in [1.807, 2.05) is 0 Å². The molecule has 0 aliphatic carbocycles. The van der Waals surface area contributed by atoms with Crippen LogP contribution in [0.1, 0.15) is 33.6 Å². The number of hydrogen-bond acceptors (Lipinski definition) is 8. The lowest BCUT2D eigenvalue weighted by Gasteiger charge is -2.08. The minimum absolute atomic E-state index is 0.0870. The van der Waals surface area contributed by atoms with Gasteiger partial charge in [0, 0.05) is 6.08 Å². The molecule has 0 saturated heterocycles. The molecule has 0 heterocycles. The average molecular weight is 478 g/mol. The van der Waals surface area contributed by atoms with Crippen LogP contribution in [-0.2, 0) is 14.3 Å². The van der Waals surface area contributed by atoms with E-state index in [9.17, 15) is 19.2 Å². The molecule has 9 heteroatoms. The predicted octanol–water partition coefficient (Wildman–Crippen LogP) is 4.78. The summed E-state index contributed by atoms with van der Waals surface area (Å²) in [5.41, 5.74) is 0.385. The van der Waals surface area contributed by atoms with Gasteiger partial charge < -0.3 is 24.1 Å². The fraction of sp³-hybridized carbons (Fsp3) is 0.154. The van der Waals surface area contributed by atoms with Crippen molar-refractivity contribution in [2.24, 2.45) is 0 Å². The second-order valence-corrected chi connectivity index (χ2v) is 7.22. The minimum atomic E-state index is -1.07. The number of fused-ring (bicyclic) bond motifs is 1. The zero-order valence-electron chi connectivity index (χ0n) is 18.6. The topological polar surface area (TPSA) is 125 Å². The molecule has 3 rings (SSSR count). The highest BCUT2D eigenvalue weighted by atomic mass is 16.7. The van der Waals surface area contributed by atoms with E-state index in [-0.39, 0.29) is 30.3 Å². The van der Waals surface area contributed by atoms with E-state index < -0.39 is 24.1 Å². The number of hydrogen-bond donors (Lipinski definition) is 1. The number of carboxylic acid groups (broad SMARTS) is 1. The molecule has 0 atom stereocenters. The zero-order chi connectivity index (χ0) is 25.2. The van der Waals surface area contributed by atoms with Crippen LogP contribution in [0.2, 0.25) is 0 Å². The van der Waals surface area contributed by atoms with Crippen molar-refractivity contribution in [3.63, 3.8) is 0 Å². The van der Waals surface area contributed by atoms with Crippen LogP contribution in [0, 0.1) is 0 Å². The van der Waals surface area contributed by atoms with Gasteiger partial charge in [-0.3, -0.25) is 0 Å². The van der Waals surface area contributed by atoms with Gasteiger partial charge in [-0.25, -0.2) is 19.2 Å². The van der Waals surface area contributed by atoms with Crippen molar-refractivity contribution in [1.29, 1.82) is 0 Å². The molecule has 0 amide bonds. The van der Waals surface area contributed by atoms with E-state index in [0.29, 0.717) is 18.4 Å². The monoisotopic (exact) mass is 478 g/mol. The van der Waals surface area contributed by atoms with Gasteiger partial charge in [0.15, 0.2) is 0 Å². The Kier molecular flexibility index (Phi) is 8.55. The highest BCUT2D eigenvalue weighted by Crippen LogP contribution is 2.23. The maximum atomic E-state index is 12.5. The maximum Gasteiger partial charge on any atom is 0.513 e. The molecule has 0 aromatic heterocycles. The van der Waals surface area contributed by atoms with E-state index in [4.69, 9.17) is 24.1 Å². The molecule has 3 aromatic carbocycles. The molecule has 180 valence electrons. The molecule has 1 N–H and O–H groups in total. The quantitative estimate of drug-likeness (QED) is 0.144. The van der Waals surface area contributed by atoms with Crippen LogP contribution >= 0.6 is 0 Å². The number of esters is 2. The Morgan fingerprint density at radius 2 is 1.34 bits per heavy atom. The third-order valence-electron chi connectivity index (χ3n) is 4.73. The van der Waals surface area contributed by atoms with E-state index in [0.717, 1.165) is 16.8 Å². The first-order chi connectivity index (χ1) is 16.9. The maximum absolute atomic E-state index is 12.5. The Morgan fingerprint density at radius 1 is 0.743 bits per heavy atom. The van der Waals surface area contributed by atoms with Gasteiger partial charge in [0.2, 0.25) is 0 Å². The van der Waals surface area contributed by atoms with E-state index in [1.165, 1.54) is 24.3 Å². The SMILES string of the molecule is C=CC(=O)OCCCCOC(=O)Oc1ccc2cc(C(=O)Oc3ccc(C(=O)O)cc3)ccc2c1. The van der Waals surface area contributed by atoms with Crippen molar-refractivity contribution >= 4 is 34.8 Å². The van der Waals surface area contributed by atoms with E-state index in [1.54, 1.807) is 36.4 Å². The number of unbranched alkanes of at least 4 members (excludes halogenated alkanes) is 1. The van der Waals surface area contributed by atoms with Gasteiger partial charge in [-0.15, -0.1) is 0 Å². The van der Waals surface area contributed by atoms with E-state index in [2.05, 4.69) is 6.58 Å². The van der Waals surface area contributed by atoms with Gasteiger partial charge >= 0.3 is 24.1 Å². The summed E-state index contributed by atoms with van der Waals surface area (Å²) in [6.07, 6.45) is 1.25. The van der Waals surface area contributed by atoms with Crippen LogP contribution in [0.15, 0.2) is 73.3 Å². The number of rotatable bonds is 10. The van der Waals surface area contributed by atoms with Gasteiger partial charge in [0.05, 0.1) is 24.3 Å². The lowest BCUT2D eigenvalue weighted by molar-refractivity contribution is -0.137. The van der Waals surface area contributed by atoms with Crippen molar-refractivity contribution in [3.8, 4) is 11.5 Å². The van der Waals surface area contributed by atoms with Gasteiger partial charge in [-0.05, 0) is 72.1 Å².